The van der Waals surface area contributed by atoms with Crippen molar-refractivity contribution in [3.05, 3.63) is 23.8 Å². The number of rotatable bonds is 4. The number of benzene rings is 1. The van der Waals surface area contributed by atoms with Crippen molar-refractivity contribution < 1.29 is 19.5 Å². The van der Waals surface area contributed by atoms with Gasteiger partial charge in [0, 0.05) is 25.1 Å². The van der Waals surface area contributed by atoms with Gasteiger partial charge >= 0.3 is 7.12 Å². The summed E-state index contributed by atoms with van der Waals surface area (Å²) >= 11 is 0. The highest BCUT2D eigenvalue weighted by Crippen LogP contribution is 2.27. The van der Waals surface area contributed by atoms with Gasteiger partial charge in [-0.1, -0.05) is 12.1 Å². The van der Waals surface area contributed by atoms with Gasteiger partial charge in [0.05, 0.1) is 19.3 Å². The molecule has 2 aliphatic heterocycles. The van der Waals surface area contributed by atoms with Crippen LogP contribution in [-0.2, 0) is 11.3 Å². The SMILES string of the molecule is COc1ccc(CN2CC3CCC(C2)O3)cc1B(O)O. The van der Waals surface area contributed by atoms with E-state index in [0.29, 0.717) is 23.4 Å². The molecule has 2 aliphatic rings. The number of methoxy groups -OCH3 is 1. The molecule has 3 rings (SSSR count). The lowest BCUT2D eigenvalue weighted by atomic mass is 9.78. The van der Waals surface area contributed by atoms with E-state index in [1.54, 1.807) is 12.1 Å². The zero-order valence-corrected chi connectivity index (χ0v) is 11.7. The molecule has 2 atom stereocenters. The highest BCUT2D eigenvalue weighted by atomic mass is 16.5. The third-order valence-corrected chi connectivity index (χ3v) is 4.10. The molecule has 2 saturated heterocycles. The molecule has 0 radical (unpaired) electrons. The lowest BCUT2D eigenvalue weighted by molar-refractivity contribution is -0.0410. The predicted octanol–water partition coefficient (Wildman–Crippen LogP) is -0.262. The molecule has 2 unspecified atom stereocenters. The first-order chi connectivity index (χ1) is 9.65. The molecule has 0 amide bonds. The normalized spacial score (nSPS) is 25.8. The van der Waals surface area contributed by atoms with Crippen LogP contribution in [0.3, 0.4) is 0 Å². The molecule has 0 aromatic heterocycles. The maximum absolute atomic E-state index is 9.40. The fourth-order valence-corrected chi connectivity index (χ4v) is 3.17. The first kappa shape index (κ1) is 13.9. The molecule has 108 valence electrons. The van der Waals surface area contributed by atoms with Crippen molar-refractivity contribution in [1.82, 2.24) is 4.90 Å². The number of morpholine rings is 1. The van der Waals surface area contributed by atoms with Crippen molar-refractivity contribution in [1.29, 1.82) is 0 Å². The predicted molar refractivity (Wildman–Crippen MR) is 76.0 cm³/mol. The summed E-state index contributed by atoms with van der Waals surface area (Å²) in [6, 6.07) is 5.57. The number of hydrogen-bond acceptors (Lipinski definition) is 5. The number of likely N-dealkylation sites (tertiary alicyclic amines) is 1. The number of nitrogens with zero attached hydrogens (tertiary/aromatic N) is 1. The van der Waals surface area contributed by atoms with Crippen LogP contribution in [0.25, 0.3) is 0 Å². The minimum absolute atomic E-state index is 0.370. The van der Waals surface area contributed by atoms with E-state index in [1.165, 1.54) is 7.11 Å². The van der Waals surface area contributed by atoms with E-state index in [9.17, 15) is 10.0 Å². The topological polar surface area (TPSA) is 62.2 Å². The molecule has 0 spiro atoms. The van der Waals surface area contributed by atoms with Crippen LogP contribution in [-0.4, -0.2) is 54.5 Å². The van der Waals surface area contributed by atoms with Gasteiger partial charge in [0.25, 0.3) is 0 Å². The molecule has 5 nitrogen and oxygen atoms in total. The highest BCUT2D eigenvalue weighted by Gasteiger charge is 2.33. The molecule has 20 heavy (non-hydrogen) atoms. The van der Waals surface area contributed by atoms with E-state index in [-0.39, 0.29) is 0 Å². The van der Waals surface area contributed by atoms with Gasteiger partial charge in [-0.2, -0.15) is 0 Å². The Hall–Kier alpha value is -1.08. The van der Waals surface area contributed by atoms with Gasteiger partial charge in [0.1, 0.15) is 5.75 Å². The lowest BCUT2D eigenvalue weighted by Gasteiger charge is -2.32. The van der Waals surface area contributed by atoms with Crippen LogP contribution in [0.15, 0.2) is 18.2 Å². The second-order valence-corrected chi connectivity index (χ2v) is 5.60. The van der Waals surface area contributed by atoms with Crippen molar-refractivity contribution in [2.75, 3.05) is 20.2 Å². The molecule has 2 heterocycles. The summed E-state index contributed by atoms with van der Waals surface area (Å²) in [6.45, 7) is 2.72. The molecule has 1 aromatic carbocycles. The molecular weight excluding hydrogens is 257 g/mol. The first-order valence-electron chi connectivity index (χ1n) is 7.06. The van der Waals surface area contributed by atoms with E-state index >= 15 is 0 Å². The van der Waals surface area contributed by atoms with E-state index in [2.05, 4.69) is 4.90 Å². The summed E-state index contributed by atoms with van der Waals surface area (Å²) in [5, 5.41) is 18.8. The van der Waals surface area contributed by atoms with Crippen LogP contribution in [0.2, 0.25) is 0 Å². The van der Waals surface area contributed by atoms with Gasteiger partial charge in [-0.3, -0.25) is 4.90 Å². The summed E-state index contributed by atoms with van der Waals surface area (Å²) in [7, 11) is 0.0198. The average molecular weight is 277 g/mol. The molecule has 2 fully saturated rings. The van der Waals surface area contributed by atoms with Crippen molar-refractivity contribution in [3.8, 4) is 5.75 Å². The monoisotopic (exact) mass is 277 g/mol. The molecule has 2 N–H and O–H groups in total. The largest absolute Gasteiger partial charge is 0.497 e. The molecule has 1 aromatic rings. The van der Waals surface area contributed by atoms with Gasteiger partial charge in [0.2, 0.25) is 0 Å². The van der Waals surface area contributed by atoms with Gasteiger partial charge in [-0.25, -0.2) is 0 Å². The van der Waals surface area contributed by atoms with Crippen LogP contribution >= 0.6 is 0 Å². The lowest BCUT2D eigenvalue weighted by Crippen LogP contribution is -2.42. The van der Waals surface area contributed by atoms with Gasteiger partial charge in [-0.05, 0) is 24.5 Å². The third kappa shape index (κ3) is 2.83. The van der Waals surface area contributed by atoms with Crippen LogP contribution in [0.4, 0.5) is 0 Å². The average Bonchev–Trinajstić information content (AvgIpc) is 2.78. The maximum atomic E-state index is 9.40. The summed E-state index contributed by atoms with van der Waals surface area (Å²) in [5.41, 5.74) is 1.48. The Kier molecular flexibility index (Phi) is 3.98. The van der Waals surface area contributed by atoms with Crippen LogP contribution in [0.5, 0.6) is 5.75 Å². The third-order valence-electron chi connectivity index (χ3n) is 4.10. The summed E-state index contributed by atoms with van der Waals surface area (Å²) < 4.78 is 11.0. The standard InChI is InChI=1S/C14H20BNO4/c1-19-14-5-2-10(6-13(14)15(17)18)7-16-8-11-3-4-12(9-16)20-11/h2,5-6,11-12,17-18H,3-4,7-9H2,1H3. The molecule has 0 aliphatic carbocycles. The Morgan fingerprint density at radius 1 is 1.30 bits per heavy atom. The first-order valence-corrected chi connectivity index (χ1v) is 7.06. The minimum atomic E-state index is -1.51. The smallest absolute Gasteiger partial charge is 0.492 e. The van der Waals surface area contributed by atoms with Crippen LogP contribution in [0.1, 0.15) is 18.4 Å². The van der Waals surface area contributed by atoms with Crippen molar-refractivity contribution >= 4 is 12.6 Å². The Balaban J connectivity index is 1.72. The zero-order chi connectivity index (χ0) is 14.1. The van der Waals surface area contributed by atoms with E-state index < -0.39 is 7.12 Å². The Labute approximate surface area is 119 Å². The maximum Gasteiger partial charge on any atom is 0.492 e. The second kappa shape index (κ2) is 5.73. The van der Waals surface area contributed by atoms with Gasteiger partial charge in [0.15, 0.2) is 0 Å². The Morgan fingerprint density at radius 2 is 2.00 bits per heavy atom. The summed E-state index contributed by atoms with van der Waals surface area (Å²) in [5.74, 6) is 0.505. The molecular formula is C14H20BNO4. The zero-order valence-electron chi connectivity index (χ0n) is 11.7. The fourth-order valence-electron chi connectivity index (χ4n) is 3.17. The van der Waals surface area contributed by atoms with Crippen molar-refractivity contribution in [3.63, 3.8) is 0 Å². The van der Waals surface area contributed by atoms with E-state index in [0.717, 1.165) is 38.0 Å². The summed E-state index contributed by atoms with van der Waals surface area (Å²) in [4.78, 5) is 2.38. The van der Waals surface area contributed by atoms with Crippen molar-refractivity contribution in [2.24, 2.45) is 0 Å². The highest BCUT2D eigenvalue weighted by molar-refractivity contribution is 6.59. The van der Waals surface area contributed by atoms with Crippen LogP contribution in [0, 0.1) is 0 Å². The number of ether oxygens (including phenoxy) is 2. The summed E-state index contributed by atoms with van der Waals surface area (Å²) in [6.07, 6.45) is 3.05. The molecule has 0 saturated carbocycles. The van der Waals surface area contributed by atoms with Crippen LogP contribution < -0.4 is 10.2 Å². The van der Waals surface area contributed by atoms with Gasteiger partial charge in [-0.15, -0.1) is 0 Å². The van der Waals surface area contributed by atoms with Crippen molar-refractivity contribution in [2.45, 2.75) is 31.6 Å². The van der Waals surface area contributed by atoms with Gasteiger partial charge < -0.3 is 19.5 Å². The second-order valence-electron chi connectivity index (χ2n) is 5.60. The fraction of sp³-hybridized carbons (Fsp3) is 0.571. The quantitative estimate of drug-likeness (QED) is 0.742. The number of hydrogen-bond donors (Lipinski definition) is 2. The van der Waals surface area contributed by atoms with E-state index in [1.807, 2.05) is 6.07 Å². The Bertz CT molecular complexity index is 470. The number of fused-ring (bicyclic) bond motifs is 2. The Morgan fingerprint density at radius 3 is 2.60 bits per heavy atom. The molecule has 6 heteroatoms. The minimum Gasteiger partial charge on any atom is -0.497 e. The molecule has 2 bridgehead atoms. The van der Waals surface area contributed by atoms with E-state index in [4.69, 9.17) is 9.47 Å².